The smallest absolute Gasteiger partial charge is 0.406 e. The molecule has 0 saturated carbocycles. The highest BCUT2D eigenvalue weighted by atomic mass is 35.5. The van der Waals surface area contributed by atoms with Crippen LogP contribution in [0.1, 0.15) is 10.4 Å². The molecule has 30 heavy (non-hydrogen) atoms. The predicted octanol–water partition coefficient (Wildman–Crippen LogP) is 3.43. The number of benzene rings is 1. The lowest BCUT2D eigenvalue weighted by molar-refractivity contribution is -0.274. The Labute approximate surface area is 180 Å². The van der Waals surface area contributed by atoms with Gasteiger partial charge in [-0.25, -0.2) is 13.4 Å². The third kappa shape index (κ3) is 5.15. The van der Waals surface area contributed by atoms with Crippen molar-refractivity contribution < 1.29 is 31.1 Å². The molecule has 13 heteroatoms. The summed E-state index contributed by atoms with van der Waals surface area (Å²) in [7, 11) is -3.94. The summed E-state index contributed by atoms with van der Waals surface area (Å²) in [6, 6.07) is 5.31. The first kappa shape index (κ1) is 22.6. The van der Waals surface area contributed by atoms with E-state index in [1.807, 2.05) is 0 Å². The summed E-state index contributed by atoms with van der Waals surface area (Å²) in [5.41, 5.74) is 0.223. The van der Waals surface area contributed by atoms with Gasteiger partial charge in [0.15, 0.2) is 0 Å². The molecule has 1 aromatic heterocycles. The number of ether oxygens (including phenoxy) is 1. The molecule has 0 radical (unpaired) electrons. The number of halogens is 5. The number of hydrogen-bond donors (Lipinski definition) is 0. The highest BCUT2D eigenvalue weighted by Crippen LogP contribution is 2.26. The molecule has 0 aliphatic carbocycles. The van der Waals surface area contributed by atoms with E-state index < -0.39 is 22.1 Å². The number of sulfonamides is 1. The molecule has 0 spiro atoms. The lowest BCUT2D eigenvalue weighted by Gasteiger charge is -2.34. The van der Waals surface area contributed by atoms with E-state index in [1.165, 1.54) is 17.2 Å². The van der Waals surface area contributed by atoms with E-state index in [2.05, 4.69) is 9.72 Å². The van der Waals surface area contributed by atoms with Gasteiger partial charge in [-0.05, 0) is 30.3 Å². The summed E-state index contributed by atoms with van der Waals surface area (Å²) in [5, 5.41) is 0.192. The Bertz CT molecular complexity index is 1040. The maximum atomic E-state index is 12.7. The van der Waals surface area contributed by atoms with Gasteiger partial charge >= 0.3 is 6.36 Å². The van der Waals surface area contributed by atoms with Crippen molar-refractivity contribution in [3.63, 3.8) is 0 Å². The van der Waals surface area contributed by atoms with Crippen molar-refractivity contribution in [1.29, 1.82) is 0 Å². The SMILES string of the molecule is O=C(c1cnc(Cl)c(Cl)c1)N1CCN(S(=O)(=O)c2ccc(OC(F)(F)F)cc2)CC1. The maximum Gasteiger partial charge on any atom is 0.573 e. The highest BCUT2D eigenvalue weighted by molar-refractivity contribution is 7.89. The van der Waals surface area contributed by atoms with Crippen molar-refractivity contribution in [2.75, 3.05) is 26.2 Å². The average Bonchev–Trinajstić information content (AvgIpc) is 2.69. The van der Waals surface area contributed by atoms with Crippen LogP contribution < -0.4 is 4.74 Å². The van der Waals surface area contributed by atoms with Gasteiger partial charge in [-0.15, -0.1) is 13.2 Å². The van der Waals surface area contributed by atoms with Gasteiger partial charge in [0.2, 0.25) is 10.0 Å². The summed E-state index contributed by atoms with van der Waals surface area (Å²) < 4.78 is 67.1. The zero-order chi connectivity index (χ0) is 22.1. The van der Waals surface area contributed by atoms with E-state index in [-0.39, 0.29) is 52.7 Å². The number of aromatic nitrogens is 1. The molecule has 0 bridgehead atoms. The molecule has 1 aliphatic rings. The molecule has 1 fully saturated rings. The fraction of sp³-hybridized carbons (Fsp3) is 0.294. The normalized spacial score (nSPS) is 15.8. The molecular weight excluding hydrogens is 470 g/mol. The Hall–Kier alpha value is -2.08. The van der Waals surface area contributed by atoms with Crippen LogP contribution >= 0.6 is 23.2 Å². The molecule has 1 amide bonds. The molecule has 1 aromatic carbocycles. The van der Waals surface area contributed by atoms with Crippen LogP contribution in [0.15, 0.2) is 41.4 Å². The maximum absolute atomic E-state index is 12.7. The second-order valence-corrected chi connectivity index (χ2v) is 8.92. The largest absolute Gasteiger partial charge is 0.573 e. The monoisotopic (exact) mass is 483 g/mol. The molecule has 1 saturated heterocycles. The van der Waals surface area contributed by atoms with E-state index in [1.54, 1.807) is 0 Å². The van der Waals surface area contributed by atoms with Crippen LogP contribution in [0, 0.1) is 0 Å². The minimum absolute atomic E-state index is 0.0175. The predicted molar refractivity (Wildman–Crippen MR) is 102 cm³/mol. The number of hydrogen-bond acceptors (Lipinski definition) is 5. The summed E-state index contributed by atoms with van der Waals surface area (Å²) >= 11 is 11.6. The number of pyridine rings is 1. The minimum atomic E-state index is -4.87. The lowest BCUT2D eigenvalue weighted by atomic mass is 10.2. The molecule has 2 heterocycles. The van der Waals surface area contributed by atoms with Gasteiger partial charge < -0.3 is 9.64 Å². The first-order valence-electron chi connectivity index (χ1n) is 8.44. The molecule has 0 atom stereocenters. The zero-order valence-corrected chi connectivity index (χ0v) is 17.4. The van der Waals surface area contributed by atoms with Gasteiger partial charge in [0.05, 0.1) is 15.5 Å². The second-order valence-electron chi connectivity index (χ2n) is 6.21. The zero-order valence-electron chi connectivity index (χ0n) is 15.1. The Morgan fingerprint density at radius 2 is 1.67 bits per heavy atom. The van der Waals surface area contributed by atoms with Gasteiger partial charge in [0, 0.05) is 32.4 Å². The number of carbonyl (C=O) groups excluding carboxylic acids is 1. The summed E-state index contributed by atoms with van der Waals surface area (Å²) in [4.78, 5) is 17.6. The van der Waals surface area contributed by atoms with Crippen molar-refractivity contribution >= 4 is 39.1 Å². The molecule has 0 unspecified atom stereocenters. The van der Waals surface area contributed by atoms with E-state index in [9.17, 15) is 26.4 Å². The van der Waals surface area contributed by atoms with Crippen molar-refractivity contribution in [3.05, 3.63) is 52.3 Å². The van der Waals surface area contributed by atoms with Gasteiger partial charge in [0.25, 0.3) is 5.91 Å². The lowest BCUT2D eigenvalue weighted by Crippen LogP contribution is -2.50. The highest BCUT2D eigenvalue weighted by Gasteiger charge is 2.33. The molecule has 162 valence electrons. The standard InChI is InChI=1S/C17H14Cl2F3N3O4S/c18-14-9-11(10-23-15(14)19)16(26)24-5-7-25(8-6-24)30(27,28)13-3-1-12(2-4-13)29-17(20,21)22/h1-4,9-10H,5-8H2. The summed E-state index contributed by atoms with van der Waals surface area (Å²) in [6.07, 6.45) is -3.59. The molecule has 1 aliphatic heterocycles. The van der Waals surface area contributed by atoms with Crippen LogP contribution in [0.25, 0.3) is 0 Å². The Balaban J connectivity index is 1.66. The number of amides is 1. The second kappa shape index (κ2) is 8.58. The molecule has 0 N–H and O–H groups in total. The van der Waals surface area contributed by atoms with Crippen LogP contribution in [0.5, 0.6) is 5.75 Å². The molecular formula is C17H14Cl2F3N3O4S. The van der Waals surface area contributed by atoms with E-state index >= 15 is 0 Å². The fourth-order valence-electron chi connectivity index (χ4n) is 2.81. The van der Waals surface area contributed by atoms with E-state index in [0.29, 0.717) is 0 Å². The number of nitrogens with zero attached hydrogens (tertiary/aromatic N) is 3. The van der Waals surface area contributed by atoms with E-state index in [4.69, 9.17) is 23.2 Å². The van der Waals surface area contributed by atoms with Gasteiger partial charge in [-0.3, -0.25) is 4.79 Å². The molecule has 7 nitrogen and oxygen atoms in total. The van der Waals surface area contributed by atoms with Crippen molar-refractivity contribution in [2.45, 2.75) is 11.3 Å². The minimum Gasteiger partial charge on any atom is -0.406 e. The molecule has 3 rings (SSSR count). The average molecular weight is 484 g/mol. The first-order valence-corrected chi connectivity index (χ1v) is 10.6. The van der Waals surface area contributed by atoms with Gasteiger partial charge in [-0.1, -0.05) is 23.2 Å². The van der Waals surface area contributed by atoms with Gasteiger partial charge in [0.1, 0.15) is 10.9 Å². The van der Waals surface area contributed by atoms with Crippen molar-refractivity contribution in [2.24, 2.45) is 0 Å². The Morgan fingerprint density at radius 1 is 1.07 bits per heavy atom. The summed E-state index contributed by atoms with van der Waals surface area (Å²) in [6.45, 7) is 0.272. The number of rotatable bonds is 4. The van der Waals surface area contributed by atoms with Crippen LogP contribution in [-0.4, -0.2) is 61.1 Å². The van der Waals surface area contributed by atoms with Crippen LogP contribution in [0.2, 0.25) is 10.2 Å². The third-order valence-corrected chi connectivity index (χ3v) is 6.86. The Kier molecular flexibility index (Phi) is 6.46. The van der Waals surface area contributed by atoms with Gasteiger partial charge in [-0.2, -0.15) is 4.31 Å². The fourth-order valence-corrected chi connectivity index (χ4v) is 4.51. The van der Waals surface area contributed by atoms with Crippen molar-refractivity contribution in [1.82, 2.24) is 14.2 Å². The quantitative estimate of drug-likeness (QED) is 0.622. The molecule has 2 aromatic rings. The number of carbonyl (C=O) groups is 1. The van der Waals surface area contributed by atoms with Crippen LogP contribution in [0.4, 0.5) is 13.2 Å². The number of piperazine rings is 1. The topological polar surface area (TPSA) is 79.8 Å². The Morgan fingerprint density at radius 3 is 2.20 bits per heavy atom. The third-order valence-electron chi connectivity index (χ3n) is 4.26. The summed E-state index contributed by atoms with van der Waals surface area (Å²) in [5.74, 6) is -0.890. The van der Waals surface area contributed by atoms with E-state index in [0.717, 1.165) is 28.6 Å². The van der Waals surface area contributed by atoms with Crippen molar-refractivity contribution in [3.8, 4) is 5.75 Å². The van der Waals surface area contributed by atoms with Crippen LogP contribution in [-0.2, 0) is 10.0 Å². The first-order chi connectivity index (χ1) is 14.0. The van der Waals surface area contributed by atoms with Crippen LogP contribution in [0.3, 0.4) is 0 Å². The number of alkyl halides is 3.